The van der Waals surface area contributed by atoms with Gasteiger partial charge in [0.15, 0.2) is 5.69 Å². The smallest absolute Gasteiger partial charge is 0.407 e. The van der Waals surface area contributed by atoms with Crippen LogP contribution in [0.25, 0.3) is 11.1 Å². The fourth-order valence-electron chi connectivity index (χ4n) is 4.17. The van der Waals surface area contributed by atoms with Crippen LogP contribution < -0.4 is 10.6 Å². The lowest BCUT2D eigenvalue weighted by atomic mass is 9.98. The molecule has 182 valence electrons. The van der Waals surface area contributed by atoms with Crippen LogP contribution in [-0.2, 0) is 27.9 Å². The number of aromatic carboxylic acids is 1. The molecule has 3 N–H and O–H groups in total. The van der Waals surface area contributed by atoms with Crippen LogP contribution in [0.3, 0.4) is 0 Å². The number of aryl methyl sites for hydroxylation is 1. The van der Waals surface area contributed by atoms with Gasteiger partial charge >= 0.3 is 12.1 Å². The zero-order chi connectivity index (χ0) is 24.8. The molecule has 1 aliphatic rings. The van der Waals surface area contributed by atoms with E-state index >= 15 is 0 Å². The SMILES string of the molecule is Cn1ncc(CNC(=O)COCCNC(=O)OCC2c3ccccc3-c3ccccc32)c1C(=O)O. The summed E-state index contributed by atoms with van der Waals surface area (Å²) in [6.45, 7) is 0.307. The van der Waals surface area contributed by atoms with Crippen molar-refractivity contribution in [2.75, 3.05) is 26.4 Å². The Labute approximate surface area is 201 Å². The molecule has 10 nitrogen and oxygen atoms in total. The number of rotatable bonds is 10. The van der Waals surface area contributed by atoms with Crippen molar-refractivity contribution in [3.8, 4) is 11.1 Å². The molecule has 0 saturated heterocycles. The number of hydrogen-bond acceptors (Lipinski definition) is 6. The number of nitrogens with one attached hydrogen (secondary N) is 2. The third kappa shape index (κ3) is 5.49. The van der Waals surface area contributed by atoms with Crippen LogP contribution in [0.2, 0.25) is 0 Å². The van der Waals surface area contributed by atoms with Gasteiger partial charge in [0.25, 0.3) is 0 Å². The Morgan fingerprint density at radius 3 is 2.34 bits per heavy atom. The number of carbonyl (C=O) groups excluding carboxylic acids is 2. The van der Waals surface area contributed by atoms with Crippen molar-refractivity contribution in [2.24, 2.45) is 7.05 Å². The summed E-state index contributed by atoms with van der Waals surface area (Å²) >= 11 is 0. The van der Waals surface area contributed by atoms with E-state index in [1.54, 1.807) is 0 Å². The van der Waals surface area contributed by atoms with Crippen LogP contribution >= 0.6 is 0 Å². The Kier molecular flexibility index (Phi) is 7.41. The average molecular weight is 479 g/mol. The van der Waals surface area contributed by atoms with Crippen molar-refractivity contribution >= 4 is 18.0 Å². The molecule has 3 aromatic rings. The lowest BCUT2D eigenvalue weighted by Gasteiger charge is -2.14. The molecule has 0 spiro atoms. The molecule has 0 saturated carbocycles. The number of aromatic nitrogens is 2. The van der Waals surface area contributed by atoms with E-state index in [-0.39, 0.29) is 44.5 Å². The van der Waals surface area contributed by atoms with Crippen molar-refractivity contribution in [3.05, 3.63) is 77.1 Å². The lowest BCUT2D eigenvalue weighted by molar-refractivity contribution is -0.125. The predicted molar refractivity (Wildman–Crippen MR) is 126 cm³/mol. The third-order valence-corrected chi connectivity index (χ3v) is 5.79. The van der Waals surface area contributed by atoms with Gasteiger partial charge in [-0.1, -0.05) is 48.5 Å². The highest BCUT2D eigenvalue weighted by Crippen LogP contribution is 2.44. The molecule has 1 heterocycles. The van der Waals surface area contributed by atoms with E-state index in [1.807, 2.05) is 24.3 Å². The van der Waals surface area contributed by atoms with Crippen molar-refractivity contribution in [1.82, 2.24) is 20.4 Å². The number of carboxylic acids is 1. The first-order valence-corrected chi connectivity index (χ1v) is 11.1. The fourth-order valence-corrected chi connectivity index (χ4v) is 4.17. The van der Waals surface area contributed by atoms with E-state index in [1.165, 1.54) is 17.9 Å². The molecule has 0 atom stereocenters. The van der Waals surface area contributed by atoms with Gasteiger partial charge < -0.3 is 25.2 Å². The number of ether oxygens (including phenoxy) is 2. The number of carboxylic acid groups (broad SMARTS) is 1. The normalized spacial score (nSPS) is 12.0. The summed E-state index contributed by atoms with van der Waals surface area (Å²) in [6, 6.07) is 16.2. The van der Waals surface area contributed by atoms with Crippen LogP contribution in [0.5, 0.6) is 0 Å². The molecule has 2 aromatic carbocycles. The fraction of sp³-hybridized carbons (Fsp3) is 0.280. The molecule has 1 aromatic heterocycles. The number of amides is 2. The number of hydrogen-bond donors (Lipinski definition) is 3. The monoisotopic (exact) mass is 478 g/mol. The highest BCUT2D eigenvalue weighted by Gasteiger charge is 2.28. The minimum absolute atomic E-state index is 0.0125. The van der Waals surface area contributed by atoms with Crippen LogP contribution in [0, 0.1) is 0 Å². The summed E-state index contributed by atoms with van der Waals surface area (Å²) in [5.41, 5.74) is 5.00. The van der Waals surface area contributed by atoms with E-state index in [0.29, 0.717) is 5.56 Å². The van der Waals surface area contributed by atoms with Gasteiger partial charge in [0.05, 0.1) is 12.8 Å². The van der Waals surface area contributed by atoms with Crippen LogP contribution in [0.15, 0.2) is 54.7 Å². The largest absolute Gasteiger partial charge is 0.477 e. The molecule has 0 bridgehead atoms. The van der Waals surface area contributed by atoms with Gasteiger partial charge in [-0.25, -0.2) is 9.59 Å². The third-order valence-electron chi connectivity index (χ3n) is 5.79. The van der Waals surface area contributed by atoms with Crippen LogP contribution in [0.4, 0.5) is 4.79 Å². The Hall–Kier alpha value is -4.18. The Balaban J connectivity index is 1.15. The number of carbonyl (C=O) groups is 3. The standard InChI is InChI=1S/C25H26N4O6/c1-29-23(24(31)32)16(13-28-29)12-27-22(30)15-34-11-10-26-25(33)35-14-21-19-8-4-2-6-17(19)18-7-3-5-9-20(18)21/h2-9,13,21H,10-12,14-15H2,1H3,(H,26,33)(H,27,30)(H,31,32). The predicted octanol–water partition coefficient (Wildman–Crippen LogP) is 2.29. The highest BCUT2D eigenvalue weighted by atomic mass is 16.5. The Morgan fingerprint density at radius 1 is 1.03 bits per heavy atom. The van der Waals surface area contributed by atoms with Gasteiger partial charge in [0, 0.05) is 31.6 Å². The van der Waals surface area contributed by atoms with Gasteiger partial charge in [0.1, 0.15) is 13.2 Å². The maximum absolute atomic E-state index is 12.1. The average Bonchev–Trinajstić information content (AvgIpc) is 3.38. The summed E-state index contributed by atoms with van der Waals surface area (Å²) < 4.78 is 11.9. The van der Waals surface area contributed by atoms with E-state index in [4.69, 9.17) is 9.47 Å². The number of alkyl carbamates (subject to hydrolysis) is 1. The molecular weight excluding hydrogens is 452 g/mol. The van der Waals surface area contributed by atoms with Gasteiger partial charge in [-0.05, 0) is 22.3 Å². The molecule has 0 unspecified atom stereocenters. The molecule has 0 fully saturated rings. The molecule has 0 aliphatic heterocycles. The quantitative estimate of drug-likeness (QED) is 0.381. The zero-order valence-corrected chi connectivity index (χ0v) is 19.2. The second-order valence-corrected chi connectivity index (χ2v) is 8.03. The first-order valence-electron chi connectivity index (χ1n) is 11.1. The summed E-state index contributed by atoms with van der Waals surface area (Å²) in [4.78, 5) is 35.3. The lowest BCUT2D eigenvalue weighted by Crippen LogP contribution is -2.31. The first kappa shape index (κ1) is 24.0. The van der Waals surface area contributed by atoms with Gasteiger partial charge in [-0.3, -0.25) is 9.48 Å². The summed E-state index contributed by atoms with van der Waals surface area (Å²) in [5.74, 6) is -1.55. The van der Waals surface area contributed by atoms with Crippen molar-refractivity contribution in [1.29, 1.82) is 0 Å². The molecule has 1 aliphatic carbocycles. The van der Waals surface area contributed by atoms with Crippen molar-refractivity contribution in [3.63, 3.8) is 0 Å². The zero-order valence-electron chi connectivity index (χ0n) is 19.2. The molecule has 2 amide bonds. The van der Waals surface area contributed by atoms with Crippen molar-refractivity contribution < 1.29 is 29.0 Å². The number of fused-ring (bicyclic) bond motifs is 3. The second-order valence-electron chi connectivity index (χ2n) is 8.03. The van der Waals surface area contributed by atoms with Gasteiger partial charge in [-0.15, -0.1) is 0 Å². The topological polar surface area (TPSA) is 132 Å². The minimum atomic E-state index is -1.12. The van der Waals surface area contributed by atoms with E-state index < -0.39 is 18.0 Å². The van der Waals surface area contributed by atoms with E-state index in [0.717, 1.165) is 22.3 Å². The second kappa shape index (κ2) is 10.8. The first-order chi connectivity index (χ1) is 17.0. The summed E-state index contributed by atoms with van der Waals surface area (Å²) in [7, 11) is 1.52. The maximum atomic E-state index is 12.1. The molecular formula is C25H26N4O6. The number of nitrogens with zero attached hydrogens (tertiary/aromatic N) is 2. The van der Waals surface area contributed by atoms with Crippen molar-refractivity contribution in [2.45, 2.75) is 12.5 Å². The van der Waals surface area contributed by atoms with Crippen LogP contribution in [-0.4, -0.2) is 59.2 Å². The Morgan fingerprint density at radius 2 is 1.69 bits per heavy atom. The van der Waals surface area contributed by atoms with Crippen LogP contribution in [0.1, 0.15) is 33.1 Å². The molecule has 4 rings (SSSR count). The molecule has 35 heavy (non-hydrogen) atoms. The summed E-state index contributed by atoms with van der Waals surface area (Å²) in [5, 5.41) is 18.3. The van der Waals surface area contributed by atoms with Gasteiger partial charge in [0.2, 0.25) is 5.91 Å². The van der Waals surface area contributed by atoms with E-state index in [2.05, 4.69) is 40.0 Å². The van der Waals surface area contributed by atoms with Gasteiger partial charge in [-0.2, -0.15) is 5.10 Å². The minimum Gasteiger partial charge on any atom is -0.477 e. The number of benzene rings is 2. The maximum Gasteiger partial charge on any atom is 0.407 e. The highest BCUT2D eigenvalue weighted by molar-refractivity contribution is 5.87. The summed E-state index contributed by atoms with van der Waals surface area (Å²) in [6.07, 6.45) is 0.834. The molecule has 10 heteroatoms. The van der Waals surface area contributed by atoms with E-state index in [9.17, 15) is 19.5 Å². The Bertz CT molecular complexity index is 1190. The molecule has 0 radical (unpaired) electrons.